The van der Waals surface area contributed by atoms with Gasteiger partial charge in [0.15, 0.2) is 0 Å². The molecule has 2 N–H and O–H groups in total. The molecule has 1 aliphatic rings. The topological polar surface area (TPSA) is 74.5 Å². The molecule has 270 valence electrons. The Morgan fingerprint density at radius 3 is 1.81 bits per heavy atom. The Morgan fingerprint density at radius 2 is 1.12 bits per heavy atom. The maximum absolute atomic E-state index is 5.82. The average molecular weight is 733 g/mol. The van der Waals surface area contributed by atoms with E-state index in [0.29, 0.717) is 0 Å². The number of benzene rings is 5. The number of hydrogen-bond donors (Lipinski definition) is 1. The first-order valence-corrected chi connectivity index (χ1v) is 19.2. The Bertz CT molecular complexity index is 3140. The highest BCUT2D eigenvalue weighted by Gasteiger charge is 2.47. The zero-order chi connectivity index (χ0) is 38.1. The molecular weight excluding hydrogens is 697 g/mol. The van der Waals surface area contributed by atoms with E-state index in [-0.39, 0.29) is 0 Å². The van der Waals surface area contributed by atoms with Crippen molar-refractivity contribution < 1.29 is 0 Å². The van der Waals surface area contributed by atoms with Crippen molar-refractivity contribution in [1.82, 2.24) is 24.1 Å². The van der Waals surface area contributed by atoms with Crippen molar-refractivity contribution in [1.29, 1.82) is 0 Å². The molecule has 5 aromatic heterocycles. The molecule has 0 radical (unpaired) electrons. The highest BCUT2D eigenvalue weighted by atomic mass is 15.0. The Balaban J connectivity index is 1.05. The summed E-state index contributed by atoms with van der Waals surface area (Å²) >= 11 is 0. The predicted molar refractivity (Wildman–Crippen MR) is 232 cm³/mol. The minimum Gasteiger partial charge on any atom is -0.405 e. The minimum absolute atomic E-state index is 0.527. The summed E-state index contributed by atoms with van der Waals surface area (Å²) in [7, 11) is 0. The molecular formula is C51H36N6. The molecule has 0 atom stereocenters. The van der Waals surface area contributed by atoms with Gasteiger partial charge in [-0.1, -0.05) is 72.8 Å². The lowest BCUT2D eigenvalue weighted by Crippen LogP contribution is -2.28. The van der Waals surface area contributed by atoms with E-state index in [9.17, 15) is 0 Å². The van der Waals surface area contributed by atoms with Gasteiger partial charge in [0.1, 0.15) is 0 Å². The molecule has 10 aromatic rings. The zero-order valence-electron chi connectivity index (χ0n) is 31.2. The van der Waals surface area contributed by atoms with Crippen LogP contribution in [0.3, 0.4) is 0 Å². The molecule has 0 amide bonds. The number of para-hydroxylation sites is 1. The van der Waals surface area contributed by atoms with Gasteiger partial charge in [0.05, 0.1) is 22.0 Å². The molecule has 1 aliphatic carbocycles. The SMILES string of the molecule is Cc1c(/C=C\N)c2cnccc2n1-c1ccc(-c2ccc(-n3c4ccccc4c4c5c(ccc43)C(c3ccncc3)(c3ccncc3)c3ccccc3-5)cc2)cc1. The van der Waals surface area contributed by atoms with Gasteiger partial charge in [-0.05, 0) is 130 Å². The minimum atomic E-state index is -0.527. The van der Waals surface area contributed by atoms with Gasteiger partial charge in [-0.25, -0.2) is 0 Å². The number of hydrogen-bond acceptors (Lipinski definition) is 4. The van der Waals surface area contributed by atoms with Crippen LogP contribution in [0.4, 0.5) is 0 Å². The van der Waals surface area contributed by atoms with E-state index in [0.717, 1.165) is 44.7 Å². The standard InChI is InChI=1S/C51H36N6/c1-33-40(20-26-52)43-32-55-31-25-47(43)56(33)38-14-10-34(11-15-38)35-12-16-39(17-13-35)57-46-9-5-3-7-42(46)50-48(57)19-18-45-49(50)41-6-2-4-8-44(41)51(45,36-21-27-53-28-22-36)37-23-29-54-30-24-37/h2-32H,52H2,1H3/b26-20-. The van der Waals surface area contributed by atoms with Crippen LogP contribution in [-0.2, 0) is 5.41 Å². The van der Waals surface area contributed by atoms with E-state index in [2.05, 4.69) is 171 Å². The first kappa shape index (κ1) is 32.8. The van der Waals surface area contributed by atoms with Crippen LogP contribution in [0.5, 0.6) is 0 Å². The second-order valence-corrected chi connectivity index (χ2v) is 14.7. The Hall–Kier alpha value is -7.57. The number of rotatable bonds is 6. The molecule has 6 heteroatoms. The zero-order valence-corrected chi connectivity index (χ0v) is 31.2. The Kier molecular flexibility index (Phi) is 7.34. The predicted octanol–water partition coefficient (Wildman–Crippen LogP) is 11.2. The molecule has 0 aliphatic heterocycles. The Labute approximate surface area is 329 Å². The van der Waals surface area contributed by atoms with Gasteiger partial charge in [-0.2, -0.15) is 0 Å². The van der Waals surface area contributed by atoms with Gasteiger partial charge >= 0.3 is 0 Å². The normalized spacial score (nSPS) is 13.1. The fourth-order valence-corrected chi connectivity index (χ4v) is 9.63. The molecule has 57 heavy (non-hydrogen) atoms. The van der Waals surface area contributed by atoms with Gasteiger partial charge in [0.2, 0.25) is 0 Å². The summed E-state index contributed by atoms with van der Waals surface area (Å²) in [5, 5.41) is 3.57. The second-order valence-electron chi connectivity index (χ2n) is 14.7. The summed E-state index contributed by atoms with van der Waals surface area (Å²) in [5.74, 6) is 0. The van der Waals surface area contributed by atoms with E-state index >= 15 is 0 Å². The number of nitrogens with zero attached hydrogens (tertiary/aromatic N) is 5. The van der Waals surface area contributed by atoms with Crippen molar-refractivity contribution in [3.8, 4) is 33.6 Å². The lowest BCUT2D eigenvalue weighted by molar-refractivity contribution is 0.764. The highest BCUT2D eigenvalue weighted by Crippen LogP contribution is 2.58. The van der Waals surface area contributed by atoms with Crippen LogP contribution >= 0.6 is 0 Å². The molecule has 0 saturated heterocycles. The lowest BCUT2D eigenvalue weighted by Gasteiger charge is -2.33. The van der Waals surface area contributed by atoms with Crippen molar-refractivity contribution in [2.24, 2.45) is 5.73 Å². The van der Waals surface area contributed by atoms with Gasteiger partial charge in [-0.15, -0.1) is 0 Å². The third-order valence-electron chi connectivity index (χ3n) is 12.0. The van der Waals surface area contributed by atoms with Crippen molar-refractivity contribution in [3.63, 3.8) is 0 Å². The summed E-state index contributed by atoms with van der Waals surface area (Å²) in [6, 6.07) is 50.8. The van der Waals surface area contributed by atoms with Gasteiger partial charge in [-0.3, -0.25) is 15.0 Å². The van der Waals surface area contributed by atoms with Crippen LogP contribution in [0, 0.1) is 6.92 Å². The van der Waals surface area contributed by atoms with E-state index in [1.807, 2.05) is 43.3 Å². The van der Waals surface area contributed by atoms with E-state index in [1.54, 1.807) is 6.20 Å². The molecule has 0 bridgehead atoms. The quantitative estimate of drug-likeness (QED) is 0.185. The second kappa shape index (κ2) is 12.8. The molecule has 0 saturated carbocycles. The summed E-state index contributed by atoms with van der Waals surface area (Å²) in [6.45, 7) is 2.13. The number of nitrogens with two attached hydrogens (primary N) is 1. The first-order valence-electron chi connectivity index (χ1n) is 19.2. The summed E-state index contributed by atoms with van der Waals surface area (Å²) in [6.07, 6.45) is 14.9. The van der Waals surface area contributed by atoms with Gasteiger partial charge in [0, 0.05) is 76.0 Å². The van der Waals surface area contributed by atoms with E-state index < -0.39 is 5.41 Å². The van der Waals surface area contributed by atoms with Crippen LogP contribution < -0.4 is 5.73 Å². The maximum Gasteiger partial charge on any atom is 0.0715 e. The van der Waals surface area contributed by atoms with Crippen molar-refractivity contribution >= 4 is 38.8 Å². The molecule has 0 fully saturated rings. The maximum atomic E-state index is 5.82. The van der Waals surface area contributed by atoms with E-state index in [4.69, 9.17) is 5.73 Å². The molecule has 5 heterocycles. The lowest BCUT2D eigenvalue weighted by atomic mass is 9.68. The average Bonchev–Trinajstić information content (AvgIpc) is 3.88. The molecule has 11 rings (SSSR count). The number of pyridine rings is 3. The largest absolute Gasteiger partial charge is 0.405 e. The molecule has 0 spiro atoms. The van der Waals surface area contributed by atoms with Crippen molar-refractivity contribution in [2.75, 3.05) is 0 Å². The fourth-order valence-electron chi connectivity index (χ4n) is 9.63. The van der Waals surface area contributed by atoms with Crippen LogP contribution in [0.15, 0.2) is 183 Å². The third kappa shape index (κ3) is 4.68. The third-order valence-corrected chi connectivity index (χ3v) is 12.0. The van der Waals surface area contributed by atoms with Crippen molar-refractivity contribution in [2.45, 2.75) is 12.3 Å². The van der Waals surface area contributed by atoms with E-state index in [1.165, 1.54) is 55.2 Å². The molecule has 5 aromatic carbocycles. The monoisotopic (exact) mass is 732 g/mol. The van der Waals surface area contributed by atoms with Crippen LogP contribution in [0.25, 0.3) is 72.4 Å². The summed E-state index contributed by atoms with van der Waals surface area (Å²) in [5.41, 5.74) is 22.9. The number of fused-ring (bicyclic) bond motifs is 8. The van der Waals surface area contributed by atoms with Crippen LogP contribution in [0.2, 0.25) is 0 Å². The molecule has 0 unspecified atom stereocenters. The van der Waals surface area contributed by atoms with Crippen LogP contribution in [0.1, 0.15) is 33.5 Å². The number of aromatic nitrogens is 5. The highest BCUT2D eigenvalue weighted by molar-refractivity contribution is 6.18. The van der Waals surface area contributed by atoms with Gasteiger partial charge in [0.25, 0.3) is 0 Å². The van der Waals surface area contributed by atoms with Crippen LogP contribution in [-0.4, -0.2) is 24.1 Å². The molecule has 6 nitrogen and oxygen atoms in total. The first-order chi connectivity index (χ1) is 28.2. The van der Waals surface area contributed by atoms with Crippen molar-refractivity contribution in [3.05, 3.63) is 216 Å². The summed E-state index contributed by atoms with van der Waals surface area (Å²) in [4.78, 5) is 13.2. The Morgan fingerprint density at radius 1 is 0.526 bits per heavy atom. The smallest absolute Gasteiger partial charge is 0.0715 e. The van der Waals surface area contributed by atoms with Gasteiger partial charge < -0.3 is 14.9 Å². The fraction of sp³-hybridized carbons (Fsp3) is 0.0392. The summed E-state index contributed by atoms with van der Waals surface area (Å²) < 4.78 is 4.69.